The van der Waals surface area contributed by atoms with Gasteiger partial charge in [0, 0.05) is 12.0 Å². The fourth-order valence-electron chi connectivity index (χ4n) is 3.32. The molecule has 0 radical (unpaired) electrons. The second-order valence-corrected chi connectivity index (χ2v) is 7.34. The first-order valence-electron chi connectivity index (χ1n) is 7.19. The van der Waals surface area contributed by atoms with Gasteiger partial charge in [0.2, 0.25) is 0 Å². The number of rotatable bonds is 1. The third kappa shape index (κ3) is 2.59. The molecule has 1 aliphatic carbocycles. The summed E-state index contributed by atoms with van der Waals surface area (Å²) in [6.07, 6.45) is 1.00. The molecule has 2 atom stereocenters. The van der Waals surface area contributed by atoms with Crippen LogP contribution in [0.5, 0.6) is 0 Å². The first kappa shape index (κ1) is 14.9. The van der Waals surface area contributed by atoms with Crippen LogP contribution >= 0.6 is 23.2 Å². The van der Waals surface area contributed by atoms with Gasteiger partial charge in [-0.05, 0) is 40.7 Å². The molecule has 0 aliphatic heterocycles. The Morgan fingerprint density at radius 3 is 2.33 bits per heavy atom. The molecule has 0 aromatic heterocycles. The lowest BCUT2D eigenvalue weighted by Crippen LogP contribution is -2.36. The van der Waals surface area contributed by atoms with E-state index in [1.807, 2.05) is 12.1 Å². The highest BCUT2D eigenvalue weighted by molar-refractivity contribution is 6.42. The molecule has 0 amide bonds. The molecule has 1 nitrogen and oxygen atoms in total. The van der Waals surface area contributed by atoms with Crippen molar-refractivity contribution >= 4 is 23.2 Å². The van der Waals surface area contributed by atoms with E-state index in [4.69, 9.17) is 28.9 Å². The van der Waals surface area contributed by atoms with E-state index in [1.165, 1.54) is 16.7 Å². The van der Waals surface area contributed by atoms with E-state index in [2.05, 4.69) is 44.2 Å². The Bertz CT molecular complexity index is 679. The molecule has 0 fully saturated rings. The molecular weight excluding hydrogens is 301 g/mol. The third-order valence-electron chi connectivity index (χ3n) is 4.62. The van der Waals surface area contributed by atoms with E-state index in [0.717, 1.165) is 6.42 Å². The Hall–Kier alpha value is -1.02. The van der Waals surface area contributed by atoms with Crippen LogP contribution in [0.1, 0.15) is 48.9 Å². The summed E-state index contributed by atoms with van der Waals surface area (Å²) in [5.74, 6) is 0.311. The lowest BCUT2D eigenvalue weighted by Gasteiger charge is -2.42. The molecule has 0 saturated carbocycles. The molecule has 0 saturated heterocycles. The van der Waals surface area contributed by atoms with Gasteiger partial charge in [-0.3, -0.25) is 0 Å². The Morgan fingerprint density at radius 1 is 1.00 bits per heavy atom. The maximum Gasteiger partial charge on any atom is 0.0595 e. The van der Waals surface area contributed by atoms with Crippen LogP contribution in [0.3, 0.4) is 0 Å². The van der Waals surface area contributed by atoms with E-state index in [-0.39, 0.29) is 11.5 Å². The number of halogens is 2. The monoisotopic (exact) mass is 319 g/mol. The van der Waals surface area contributed by atoms with E-state index >= 15 is 0 Å². The predicted molar refractivity (Wildman–Crippen MR) is 90.1 cm³/mol. The van der Waals surface area contributed by atoms with Crippen molar-refractivity contribution in [2.24, 2.45) is 11.1 Å². The lowest BCUT2D eigenvalue weighted by molar-refractivity contribution is 0.234. The van der Waals surface area contributed by atoms with Gasteiger partial charge in [0.25, 0.3) is 0 Å². The zero-order chi connectivity index (χ0) is 15.2. The molecule has 3 rings (SSSR count). The molecule has 0 bridgehead atoms. The molecule has 1 unspecified atom stereocenters. The van der Waals surface area contributed by atoms with Crippen LogP contribution in [-0.2, 0) is 0 Å². The smallest absolute Gasteiger partial charge is 0.0595 e. The highest BCUT2D eigenvalue weighted by Gasteiger charge is 2.38. The zero-order valence-corrected chi connectivity index (χ0v) is 13.7. The van der Waals surface area contributed by atoms with E-state index in [1.54, 1.807) is 0 Å². The Balaban J connectivity index is 2.14. The number of fused-ring (bicyclic) bond motifs is 1. The van der Waals surface area contributed by atoms with Gasteiger partial charge >= 0.3 is 0 Å². The van der Waals surface area contributed by atoms with Crippen LogP contribution in [0, 0.1) is 5.41 Å². The summed E-state index contributed by atoms with van der Waals surface area (Å²) in [5, 5.41) is 1.21. The lowest BCUT2D eigenvalue weighted by atomic mass is 9.64. The minimum atomic E-state index is 0.0468. The van der Waals surface area contributed by atoms with Gasteiger partial charge in [0.15, 0.2) is 0 Å². The number of nitrogens with two attached hydrogens (primary N) is 1. The van der Waals surface area contributed by atoms with Gasteiger partial charge in [-0.1, -0.05) is 67.4 Å². The Morgan fingerprint density at radius 2 is 1.67 bits per heavy atom. The summed E-state index contributed by atoms with van der Waals surface area (Å²) < 4.78 is 0. The minimum absolute atomic E-state index is 0.0468. The molecular formula is C18H19Cl2N. The van der Waals surface area contributed by atoms with Gasteiger partial charge in [-0.2, -0.15) is 0 Å². The Kier molecular flexibility index (Phi) is 3.77. The highest BCUT2D eigenvalue weighted by atomic mass is 35.5. The van der Waals surface area contributed by atoms with Crippen LogP contribution < -0.4 is 5.73 Å². The van der Waals surface area contributed by atoms with Crippen molar-refractivity contribution in [2.45, 2.75) is 32.2 Å². The van der Waals surface area contributed by atoms with Crippen LogP contribution in [0.25, 0.3) is 0 Å². The van der Waals surface area contributed by atoms with Crippen molar-refractivity contribution in [2.75, 3.05) is 0 Å². The molecule has 2 N–H and O–H groups in total. The quantitative estimate of drug-likeness (QED) is 0.732. The summed E-state index contributed by atoms with van der Waals surface area (Å²) in [4.78, 5) is 0. The van der Waals surface area contributed by atoms with Crippen LogP contribution in [-0.4, -0.2) is 0 Å². The average molecular weight is 320 g/mol. The van der Waals surface area contributed by atoms with Gasteiger partial charge in [-0.25, -0.2) is 0 Å². The fourth-order valence-corrected chi connectivity index (χ4v) is 3.63. The number of hydrogen-bond acceptors (Lipinski definition) is 1. The van der Waals surface area contributed by atoms with Crippen molar-refractivity contribution in [3.63, 3.8) is 0 Å². The summed E-state index contributed by atoms with van der Waals surface area (Å²) in [7, 11) is 0. The molecule has 110 valence electrons. The highest BCUT2D eigenvalue weighted by Crippen LogP contribution is 2.50. The standard InChI is InChI=1S/C18H19Cl2N/c1-18(2)10-14(11-7-8-15(19)16(20)9-11)12-5-3-4-6-13(12)17(18)21/h3-9,14,17H,10,21H2,1-2H3/t14-,17?/m0/s1. The predicted octanol–water partition coefficient (Wildman–Crippen LogP) is 5.56. The van der Waals surface area contributed by atoms with Gasteiger partial charge in [0.1, 0.15) is 0 Å². The Labute approximate surface area is 136 Å². The van der Waals surface area contributed by atoms with Crippen molar-refractivity contribution in [3.8, 4) is 0 Å². The second-order valence-electron chi connectivity index (χ2n) is 6.53. The first-order valence-corrected chi connectivity index (χ1v) is 7.95. The van der Waals surface area contributed by atoms with E-state index in [9.17, 15) is 0 Å². The second kappa shape index (κ2) is 5.31. The SMILES string of the molecule is CC1(C)C[C@@H](c2ccc(Cl)c(Cl)c2)c2ccccc2C1N. The molecule has 21 heavy (non-hydrogen) atoms. The largest absolute Gasteiger partial charge is 0.323 e. The van der Waals surface area contributed by atoms with Crippen molar-refractivity contribution in [3.05, 3.63) is 69.2 Å². The summed E-state index contributed by atoms with van der Waals surface area (Å²) in [6, 6.07) is 14.5. The van der Waals surface area contributed by atoms with Crippen LogP contribution in [0.2, 0.25) is 10.0 Å². The van der Waals surface area contributed by atoms with Crippen molar-refractivity contribution < 1.29 is 0 Å². The fraction of sp³-hybridized carbons (Fsp3) is 0.333. The summed E-state index contributed by atoms with van der Waals surface area (Å²) >= 11 is 12.3. The molecule has 0 spiro atoms. The van der Waals surface area contributed by atoms with Crippen LogP contribution in [0.15, 0.2) is 42.5 Å². The van der Waals surface area contributed by atoms with Gasteiger partial charge < -0.3 is 5.73 Å². The maximum absolute atomic E-state index is 6.47. The number of benzene rings is 2. The average Bonchev–Trinajstić information content (AvgIpc) is 2.46. The molecule has 0 heterocycles. The summed E-state index contributed by atoms with van der Waals surface area (Å²) in [6.45, 7) is 4.47. The first-order chi connectivity index (χ1) is 9.90. The van der Waals surface area contributed by atoms with Crippen molar-refractivity contribution in [1.82, 2.24) is 0 Å². The zero-order valence-electron chi connectivity index (χ0n) is 12.2. The van der Waals surface area contributed by atoms with Gasteiger partial charge in [-0.15, -0.1) is 0 Å². The van der Waals surface area contributed by atoms with E-state index < -0.39 is 0 Å². The van der Waals surface area contributed by atoms with E-state index in [0.29, 0.717) is 16.0 Å². The molecule has 3 heteroatoms. The molecule has 2 aromatic carbocycles. The van der Waals surface area contributed by atoms with Crippen molar-refractivity contribution in [1.29, 1.82) is 0 Å². The van der Waals surface area contributed by atoms with Gasteiger partial charge in [0.05, 0.1) is 10.0 Å². The third-order valence-corrected chi connectivity index (χ3v) is 5.36. The number of hydrogen-bond donors (Lipinski definition) is 1. The maximum atomic E-state index is 6.47. The summed E-state index contributed by atoms with van der Waals surface area (Å²) in [5.41, 5.74) is 10.3. The normalized spacial score (nSPS) is 23.7. The molecule has 2 aromatic rings. The minimum Gasteiger partial charge on any atom is -0.323 e. The topological polar surface area (TPSA) is 26.0 Å². The molecule has 1 aliphatic rings. The van der Waals surface area contributed by atoms with Crippen LogP contribution in [0.4, 0.5) is 0 Å².